The first kappa shape index (κ1) is 22.0. The molecular weight excluding hydrogens is 448 g/mol. The molecule has 2 N–H and O–H groups in total. The van der Waals surface area contributed by atoms with Crippen molar-refractivity contribution in [2.45, 2.75) is 71.0 Å². The van der Waals surface area contributed by atoms with Gasteiger partial charge in [0.05, 0.1) is 16.8 Å². The molecule has 1 saturated heterocycles. The Morgan fingerprint density at radius 2 is 1.97 bits per heavy atom. The number of pyridine rings is 2. The Kier molecular flexibility index (Phi) is 4.84. The summed E-state index contributed by atoms with van der Waals surface area (Å²) in [6.45, 7) is 8.26. The van der Waals surface area contributed by atoms with Gasteiger partial charge in [0.1, 0.15) is 11.3 Å². The van der Waals surface area contributed by atoms with Gasteiger partial charge in [-0.05, 0) is 80.7 Å². The lowest BCUT2D eigenvalue weighted by molar-refractivity contribution is 0.0700. The minimum Gasteiger partial charge on any atom is -0.334 e. The molecule has 2 aliphatic carbocycles. The van der Waals surface area contributed by atoms with E-state index in [0.29, 0.717) is 23.3 Å². The molecule has 2 unspecified atom stereocenters. The summed E-state index contributed by atoms with van der Waals surface area (Å²) in [5, 5.41) is 6.18. The smallest absolute Gasteiger partial charge is 0.255 e. The minimum absolute atomic E-state index is 0.0718. The summed E-state index contributed by atoms with van der Waals surface area (Å²) in [6, 6.07) is 10.9. The Morgan fingerprint density at radius 3 is 2.67 bits per heavy atom. The van der Waals surface area contributed by atoms with Crippen LogP contribution in [-0.4, -0.2) is 48.6 Å². The van der Waals surface area contributed by atoms with Gasteiger partial charge in [-0.3, -0.25) is 4.79 Å². The molecule has 186 valence electrons. The maximum atomic E-state index is 13.4. The van der Waals surface area contributed by atoms with E-state index < -0.39 is 0 Å². The highest BCUT2D eigenvalue weighted by Gasteiger charge is 2.46. The van der Waals surface area contributed by atoms with Gasteiger partial charge < -0.3 is 15.2 Å². The Bertz CT molecular complexity index is 1510. The molecule has 0 aromatic carbocycles. The largest absolute Gasteiger partial charge is 0.334 e. The molecule has 1 amide bonds. The van der Waals surface area contributed by atoms with Crippen molar-refractivity contribution in [3.63, 3.8) is 0 Å². The molecule has 3 aliphatic rings. The van der Waals surface area contributed by atoms with Crippen molar-refractivity contribution >= 4 is 22.5 Å². The van der Waals surface area contributed by atoms with Crippen LogP contribution in [0.3, 0.4) is 0 Å². The van der Waals surface area contributed by atoms with Crippen LogP contribution in [0.4, 0.5) is 0 Å². The second-order valence-corrected chi connectivity index (χ2v) is 11.5. The summed E-state index contributed by atoms with van der Waals surface area (Å²) in [7, 11) is 0. The SMILES string of the molecule is Cc1c(-c2cc3ccc(C(C)C)nc3n2CC2CC2)nn2cc(C(=O)N3CC4CCC3[C@@H]4N)ccc12. The van der Waals surface area contributed by atoms with E-state index >= 15 is 0 Å². The van der Waals surface area contributed by atoms with E-state index in [1.54, 1.807) is 0 Å². The van der Waals surface area contributed by atoms with E-state index in [0.717, 1.165) is 65.1 Å². The lowest BCUT2D eigenvalue weighted by Gasteiger charge is -2.27. The van der Waals surface area contributed by atoms with Gasteiger partial charge in [-0.15, -0.1) is 0 Å². The van der Waals surface area contributed by atoms with Crippen LogP contribution in [0.15, 0.2) is 36.5 Å². The minimum atomic E-state index is 0.0718. The molecule has 7 rings (SSSR count). The van der Waals surface area contributed by atoms with Crippen molar-refractivity contribution in [3.05, 3.63) is 53.3 Å². The molecule has 3 fully saturated rings. The number of amides is 1. The average Bonchev–Trinajstić information content (AvgIpc) is 3.29. The van der Waals surface area contributed by atoms with Gasteiger partial charge in [0, 0.05) is 48.0 Å². The quantitative estimate of drug-likeness (QED) is 0.445. The fraction of sp³-hybridized carbons (Fsp3) is 0.483. The second-order valence-electron chi connectivity index (χ2n) is 11.5. The predicted molar refractivity (Wildman–Crippen MR) is 141 cm³/mol. The van der Waals surface area contributed by atoms with Crippen molar-refractivity contribution in [3.8, 4) is 11.4 Å². The number of hydrogen-bond donors (Lipinski definition) is 1. The van der Waals surface area contributed by atoms with Crippen molar-refractivity contribution in [1.82, 2.24) is 24.1 Å². The van der Waals surface area contributed by atoms with Crippen LogP contribution in [0.25, 0.3) is 27.9 Å². The number of aromatic nitrogens is 4. The highest BCUT2D eigenvalue weighted by Crippen LogP contribution is 2.39. The van der Waals surface area contributed by atoms with Crippen molar-refractivity contribution in [2.24, 2.45) is 17.6 Å². The molecule has 3 atom stereocenters. The van der Waals surface area contributed by atoms with Crippen LogP contribution in [-0.2, 0) is 6.54 Å². The normalized spacial score (nSPS) is 23.6. The first-order valence-corrected chi connectivity index (χ1v) is 13.4. The maximum absolute atomic E-state index is 13.4. The molecule has 0 spiro atoms. The fourth-order valence-corrected chi connectivity index (χ4v) is 6.39. The van der Waals surface area contributed by atoms with Crippen LogP contribution in [0.2, 0.25) is 0 Å². The van der Waals surface area contributed by atoms with E-state index in [-0.39, 0.29) is 18.0 Å². The molecule has 2 bridgehead atoms. The van der Waals surface area contributed by atoms with E-state index in [2.05, 4.69) is 43.5 Å². The maximum Gasteiger partial charge on any atom is 0.255 e. The number of carbonyl (C=O) groups is 1. The van der Waals surface area contributed by atoms with Crippen LogP contribution < -0.4 is 5.73 Å². The van der Waals surface area contributed by atoms with Gasteiger partial charge in [-0.25, -0.2) is 9.50 Å². The Hall–Kier alpha value is -3.19. The summed E-state index contributed by atoms with van der Waals surface area (Å²) in [4.78, 5) is 20.4. The Balaban J connectivity index is 1.30. The molecule has 1 aliphatic heterocycles. The molecule has 5 heterocycles. The molecule has 7 nitrogen and oxygen atoms in total. The van der Waals surface area contributed by atoms with Crippen LogP contribution in [0, 0.1) is 18.8 Å². The third-order valence-electron chi connectivity index (χ3n) is 8.77. The predicted octanol–water partition coefficient (Wildman–Crippen LogP) is 4.75. The fourth-order valence-electron chi connectivity index (χ4n) is 6.39. The first-order chi connectivity index (χ1) is 17.4. The molecule has 36 heavy (non-hydrogen) atoms. The van der Waals surface area contributed by atoms with Crippen molar-refractivity contribution < 1.29 is 4.79 Å². The highest BCUT2D eigenvalue weighted by molar-refractivity contribution is 5.95. The third kappa shape index (κ3) is 3.32. The Labute approximate surface area is 211 Å². The van der Waals surface area contributed by atoms with Gasteiger partial charge in [0.15, 0.2) is 0 Å². The average molecular weight is 483 g/mol. The first-order valence-electron chi connectivity index (χ1n) is 13.4. The van der Waals surface area contributed by atoms with Crippen molar-refractivity contribution in [1.29, 1.82) is 0 Å². The lowest BCUT2D eigenvalue weighted by atomic mass is 10.1. The third-order valence-corrected chi connectivity index (χ3v) is 8.77. The molecule has 7 heteroatoms. The van der Waals surface area contributed by atoms with Gasteiger partial charge in [-0.2, -0.15) is 5.10 Å². The summed E-state index contributed by atoms with van der Waals surface area (Å²) in [6.07, 6.45) is 6.61. The number of carbonyl (C=O) groups excluding carboxylic acids is 1. The van der Waals surface area contributed by atoms with E-state index in [9.17, 15) is 4.79 Å². The number of likely N-dealkylation sites (tertiary alicyclic amines) is 1. The van der Waals surface area contributed by atoms with Crippen LogP contribution in [0.5, 0.6) is 0 Å². The molecule has 2 saturated carbocycles. The topological polar surface area (TPSA) is 81.5 Å². The van der Waals surface area contributed by atoms with E-state index in [1.807, 2.05) is 27.7 Å². The van der Waals surface area contributed by atoms with Crippen LogP contribution in [0.1, 0.15) is 67.1 Å². The van der Waals surface area contributed by atoms with Crippen LogP contribution >= 0.6 is 0 Å². The van der Waals surface area contributed by atoms with Crippen molar-refractivity contribution in [2.75, 3.05) is 6.54 Å². The number of nitrogens with zero attached hydrogens (tertiary/aromatic N) is 5. The number of aryl methyl sites for hydroxylation is 1. The number of fused-ring (bicyclic) bond motifs is 4. The zero-order chi connectivity index (χ0) is 24.7. The number of rotatable bonds is 5. The van der Waals surface area contributed by atoms with Gasteiger partial charge in [-0.1, -0.05) is 13.8 Å². The number of piperidine rings is 1. The van der Waals surface area contributed by atoms with Gasteiger partial charge >= 0.3 is 0 Å². The number of nitrogens with two attached hydrogens (primary N) is 1. The van der Waals surface area contributed by atoms with Gasteiger partial charge in [0.2, 0.25) is 0 Å². The Morgan fingerprint density at radius 1 is 1.14 bits per heavy atom. The van der Waals surface area contributed by atoms with E-state index in [4.69, 9.17) is 15.8 Å². The highest BCUT2D eigenvalue weighted by atomic mass is 16.2. The zero-order valence-electron chi connectivity index (χ0n) is 21.3. The molecule has 4 aromatic rings. The lowest BCUT2D eigenvalue weighted by Crippen LogP contribution is -2.41. The molecule has 4 aromatic heterocycles. The molecular formula is C29H34N6O. The van der Waals surface area contributed by atoms with Gasteiger partial charge in [0.25, 0.3) is 5.91 Å². The summed E-state index contributed by atoms with van der Waals surface area (Å²) in [5.74, 6) is 1.62. The summed E-state index contributed by atoms with van der Waals surface area (Å²) >= 11 is 0. The number of hydrogen-bond acceptors (Lipinski definition) is 4. The monoisotopic (exact) mass is 482 g/mol. The standard InChI is InChI=1S/C29H34N6O/c1-16(2)22-9-6-19-12-25(33(28(19)31-22)13-18-4-5-18)27-17(3)23-10-8-21(15-35(23)32-27)29(36)34-14-20-7-11-24(34)26(20)30/h6,8-10,12,15-16,18,20,24,26H,4-5,7,11,13-14,30H2,1-3H3/t20?,24?,26-/m1/s1. The summed E-state index contributed by atoms with van der Waals surface area (Å²) in [5.41, 5.74) is 13.4. The molecule has 0 radical (unpaired) electrons. The zero-order valence-corrected chi connectivity index (χ0v) is 21.3. The summed E-state index contributed by atoms with van der Waals surface area (Å²) < 4.78 is 4.26. The van der Waals surface area contributed by atoms with E-state index in [1.165, 1.54) is 12.8 Å². The second kappa shape index (κ2) is 7.90.